The van der Waals surface area contributed by atoms with Crippen LogP contribution >= 0.6 is 0 Å². The highest BCUT2D eigenvalue weighted by Gasteiger charge is 2.47. The monoisotopic (exact) mass is 372 g/mol. The van der Waals surface area contributed by atoms with Crippen LogP contribution in [0.3, 0.4) is 0 Å². The van der Waals surface area contributed by atoms with Gasteiger partial charge in [0.05, 0.1) is 12.6 Å². The highest BCUT2D eigenvalue weighted by molar-refractivity contribution is 6.42. The molecule has 3 unspecified atom stereocenters. The summed E-state index contributed by atoms with van der Waals surface area (Å²) in [5, 5.41) is 0. The summed E-state index contributed by atoms with van der Waals surface area (Å²) in [6.45, 7) is 5.93. The van der Waals surface area contributed by atoms with Gasteiger partial charge in [0.15, 0.2) is 0 Å². The van der Waals surface area contributed by atoms with Gasteiger partial charge in [-0.05, 0) is 45.3 Å². The molecule has 2 aliphatic heterocycles. The van der Waals surface area contributed by atoms with E-state index in [1.54, 1.807) is 11.8 Å². The van der Waals surface area contributed by atoms with E-state index in [9.17, 15) is 14.4 Å². The minimum Gasteiger partial charge on any atom is -0.465 e. The van der Waals surface area contributed by atoms with Gasteiger partial charge in [0.2, 0.25) is 5.78 Å². The van der Waals surface area contributed by atoms with Crippen molar-refractivity contribution in [2.24, 2.45) is 5.92 Å². The van der Waals surface area contributed by atoms with E-state index in [1.165, 1.54) is 6.42 Å². The number of likely N-dealkylation sites (tertiary alicyclic amines) is 2. The number of carbonyl (C=O) groups excluding carboxylic acids is 3. The van der Waals surface area contributed by atoms with Crippen LogP contribution in [0.15, 0.2) is 30.3 Å². The first-order valence-corrected chi connectivity index (χ1v) is 9.85. The Morgan fingerprint density at radius 1 is 1.15 bits per heavy atom. The van der Waals surface area contributed by atoms with E-state index in [2.05, 4.69) is 17.0 Å². The van der Waals surface area contributed by atoms with Crippen LogP contribution in [0.1, 0.15) is 44.7 Å². The fraction of sp³-hybridized carbons (Fsp3) is 0.571. The molecule has 6 heteroatoms. The number of carbonyl (C=O) groups is 3. The third kappa shape index (κ3) is 4.05. The van der Waals surface area contributed by atoms with Crippen molar-refractivity contribution in [2.45, 2.75) is 45.2 Å². The second kappa shape index (κ2) is 8.65. The first kappa shape index (κ1) is 19.5. The molecule has 2 saturated heterocycles. The summed E-state index contributed by atoms with van der Waals surface area (Å²) < 4.78 is 4.98. The fourth-order valence-corrected chi connectivity index (χ4v) is 4.24. The molecular formula is C21H28N2O4. The van der Waals surface area contributed by atoms with Gasteiger partial charge in [0.1, 0.15) is 5.92 Å². The number of ether oxygens (including phenoxy) is 1. The van der Waals surface area contributed by atoms with E-state index >= 15 is 0 Å². The SMILES string of the molecule is CCOC(=O)C1CN(C(C)C(c2ccccc2)N2CCCCC2)C(=O)C1=O. The number of rotatable bonds is 6. The molecule has 0 saturated carbocycles. The van der Waals surface area contributed by atoms with Crippen LogP contribution in [0.5, 0.6) is 0 Å². The average molecular weight is 372 g/mol. The standard InChI is InChI=1S/C21H28N2O4/c1-3-27-21(26)17-14-23(20(25)19(17)24)15(2)18(16-10-6-4-7-11-16)22-12-8-5-9-13-22/h4,6-7,10-11,15,17-18H,3,5,8-9,12-14H2,1-2H3. The maximum absolute atomic E-state index is 12.6. The van der Waals surface area contributed by atoms with E-state index < -0.39 is 23.6 Å². The van der Waals surface area contributed by atoms with Crippen molar-refractivity contribution < 1.29 is 19.1 Å². The molecule has 3 atom stereocenters. The number of hydrogen-bond donors (Lipinski definition) is 0. The van der Waals surface area contributed by atoms with Crippen LogP contribution in [0, 0.1) is 5.92 Å². The molecule has 146 valence electrons. The smallest absolute Gasteiger partial charge is 0.318 e. The Bertz CT molecular complexity index is 685. The van der Waals surface area contributed by atoms with Crippen LogP contribution < -0.4 is 0 Å². The Hall–Kier alpha value is -2.21. The number of Topliss-reactive ketones (excluding diaryl/α,β-unsaturated/α-hetero) is 1. The summed E-state index contributed by atoms with van der Waals surface area (Å²) in [6.07, 6.45) is 3.49. The minimum absolute atomic E-state index is 0.00388. The fourth-order valence-electron chi connectivity index (χ4n) is 4.24. The molecule has 2 fully saturated rings. The first-order valence-electron chi connectivity index (χ1n) is 9.85. The molecule has 27 heavy (non-hydrogen) atoms. The third-order valence-electron chi connectivity index (χ3n) is 5.61. The molecule has 1 aromatic carbocycles. The van der Waals surface area contributed by atoms with Gasteiger partial charge in [-0.2, -0.15) is 0 Å². The second-order valence-corrected chi connectivity index (χ2v) is 7.32. The lowest BCUT2D eigenvalue weighted by Gasteiger charge is -2.41. The summed E-state index contributed by atoms with van der Waals surface area (Å²) >= 11 is 0. The van der Waals surface area contributed by atoms with Crippen LogP contribution in [0.2, 0.25) is 0 Å². The molecule has 2 aliphatic rings. The van der Waals surface area contributed by atoms with Gasteiger partial charge in [0, 0.05) is 12.6 Å². The molecule has 6 nitrogen and oxygen atoms in total. The zero-order valence-corrected chi connectivity index (χ0v) is 16.1. The Morgan fingerprint density at radius 2 is 1.81 bits per heavy atom. The number of ketones is 1. The number of amides is 1. The highest BCUT2D eigenvalue weighted by atomic mass is 16.5. The lowest BCUT2D eigenvalue weighted by atomic mass is 9.95. The van der Waals surface area contributed by atoms with Crippen molar-refractivity contribution in [1.29, 1.82) is 0 Å². The first-order chi connectivity index (χ1) is 13.0. The van der Waals surface area contributed by atoms with Crippen molar-refractivity contribution in [2.75, 3.05) is 26.2 Å². The van der Waals surface area contributed by atoms with Crippen molar-refractivity contribution in [3.63, 3.8) is 0 Å². The molecule has 0 aliphatic carbocycles. The Labute approximate surface area is 160 Å². The van der Waals surface area contributed by atoms with Crippen molar-refractivity contribution in [3.05, 3.63) is 35.9 Å². The van der Waals surface area contributed by atoms with Gasteiger partial charge in [-0.1, -0.05) is 36.8 Å². The summed E-state index contributed by atoms with van der Waals surface area (Å²) in [5.74, 6) is -2.82. The van der Waals surface area contributed by atoms with E-state index in [-0.39, 0.29) is 25.2 Å². The van der Waals surface area contributed by atoms with Crippen LogP contribution in [-0.4, -0.2) is 59.7 Å². The molecule has 0 spiro atoms. The molecule has 0 aromatic heterocycles. The van der Waals surface area contributed by atoms with Gasteiger partial charge in [-0.25, -0.2) is 0 Å². The van der Waals surface area contributed by atoms with Crippen LogP contribution in [0.4, 0.5) is 0 Å². The maximum atomic E-state index is 12.6. The van der Waals surface area contributed by atoms with Crippen molar-refractivity contribution in [1.82, 2.24) is 9.80 Å². The van der Waals surface area contributed by atoms with Crippen LogP contribution in [0.25, 0.3) is 0 Å². The van der Waals surface area contributed by atoms with Crippen LogP contribution in [-0.2, 0) is 19.1 Å². The van der Waals surface area contributed by atoms with E-state index in [0.29, 0.717) is 0 Å². The second-order valence-electron chi connectivity index (χ2n) is 7.32. The normalized spacial score (nSPS) is 23.3. The third-order valence-corrected chi connectivity index (χ3v) is 5.61. The Kier molecular flexibility index (Phi) is 6.26. The molecular weight excluding hydrogens is 344 g/mol. The molecule has 0 radical (unpaired) electrons. The topological polar surface area (TPSA) is 66.9 Å². The quantitative estimate of drug-likeness (QED) is 0.435. The van der Waals surface area contributed by atoms with Gasteiger partial charge in [-0.15, -0.1) is 0 Å². The van der Waals surface area contributed by atoms with Crippen molar-refractivity contribution in [3.8, 4) is 0 Å². The number of benzene rings is 1. The van der Waals surface area contributed by atoms with Gasteiger partial charge < -0.3 is 9.64 Å². The Morgan fingerprint density at radius 3 is 2.44 bits per heavy atom. The minimum atomic E-state index is -1.00. The van der Waals surface area contributed by atoms with E-state index in [1.807, 2.05) is 25.1 Å². The summed E-state index contributed by atoms with van der Waals surface area (Å²) in [5.41, 5.74) is 1.13. The predicted octanol–water partition coefficient (Wildman–Crippen LogP) is 2.19. The van der Waals surface area contributed by atoms with Gasteiger partial charge >= 0.3 is 5.97 Å². The van der Waals surface area contributed by atoms with E-state index in [0.717, 1.165) is 31.5 Å². The molecule has 0 N–H and O–H groups in total. The zero-order valence-electron chi connectivity index (χ0n) is 16.1. The number of hydrogen-bond acceptors (Lipinski definition) is 5. The predicted molar refractivity (Wildman–Crippen MR) is 101 cm³/mol. The largest absolute Gasteiger partial charge is 0.465 e. The number of piperidine rings is 1. The Balaban J connectivity index is 1.85. The van der Waals surface area contributed by atoms with Gasteiger partial charge in [0.25, 0.3) is 5.91 Å². The summed E-state index contributed by atoms with van der Waals surface area (Å²) in [7, 11) is 0. The molecule has 3 rings (SSSR count). The molecule has 0 bridgehead atoms. The average Bonchev–Trinajstić information content (AvgIpc) is 2.99. The van der Waals surface area contributed by atoms with E-state index in [4.69, 9.17) is 4.74 Å². The van der Waals surface area contributed by atoms with Crippen molar-refractivity contribution >= 4 is 17.7 Å². The maximum Gasteiger partial charge on any atom is 0.318 e. The summed E-state index contributed by atoms with van der Waals surface area (Å²) in [6, 6.07) is 9.91. The molecule has 2 heterocycles. The van der Waals surface area contributed by atoms with Gasteiger partial charge in [-0.3, -0.25) is 19.3 Å². The number of esters is 1. The number of nitrogens with zero attached hydrogens (tertiary/aromatic N) is 2. The summed E-state index contributed by atoms with van der Waals surface area (Å²) in [4.78, 5) is 41.0. The molecule has 1 amide bonds. The zero-order chi connectivity index (χ0) is 19.4. The lowest BCUT2D eigenvalue weighted by Crippen LogP contribution is -2.47. The lowest BCUT2D eigenvalue weighted by molar-refractivity contribution is -0.151. The molecule has 1 aromatic rings. The highest BCUT2D eigenvalue weighted by Crippen LogP contribution is 2.32.